The standard InChI is InChI=1S/C15H22F2N2O/c1-15(2)10-20-8-7-19(15)9-13(18-3)11-5-4-6-12(16)14(11)17/h4-6,13,18H,7-10H2,1-3H3. The van der Waals surface area contributed by atoms with Gasteiger partial charge in [-0.05, 0) is 27.0 Å². The number of nitrogens with one attached hydrogen (secondary N) is 1. The number of benzene rings is 1. The summed E-state index contributed by atoms with van der Waals surface area (Å²) >= 11 is 0. The number of morpholine rings is 1. The summed E-state index contributed by atoms with van der Waals surface area (Å²) in [7, 11) is 1.77. The second-order valence-corrected chi connectivity index (χ2v) is 5.80. The zero-order chi connectivity index (χ0) is 14.8. The summed E-state index contributed by atoms with van der Waals surface area (Å²) in [6.07, 6.45) is 0. The van der Waals surface area contributed by atoms with Gasteiger partial charge in [-0.1, -0.05) is 12.1 Å². The van der Waals surface area contributed by atoms with E-state index in [1.54, 1.807) is 19.2 Å². The van der Waals surface area contributed by atoms with E-state index in [0.717, 1.165) is 12.6 Å². The van der Waals surface area contributed by atoms with Crippen LogP contribution < -0.4 is 5.32 Å². The maximum atomic E-state index is 13.9. The molecule has 1 N–H and O–H groups in total. The van der Waals surface area contributed by atoms with Crippen molar-refractivity contribution in [3.63, 3.8) is 0 Å². The van der Waals surface area contributed by atoms with E-state index >= 15 is 0 Å². The van der Waals surface area contributed by atoms with Gasteiger partial charge in [-0.25, -0.2) is 8.78 Å². The third kappa shape index (κ3) is 3.16. The highest BCUT2D eigenvalue weighted by Crippen LogP contribution is 2.25. The van der Waals surface area contributed by atoms with Gasteiger partial charge in [-0.2, -0.15) is 0 Å². The lowest BCUT2D eigenvalue weighted by molar-refractivity contribution is -0.0544. The zero-order valence-electron chi connectivity index (χ0n) is 12.2. The van der Waals surface area contributed by atoms with Gasteiger partial charge >= 0.3 is 0 Å². The van der Waals surface area contributed by atoms with Gasteiger partial charge in [0.1, 0.15) is 0 Å². The molecule has 0 radical (unpaired) electrons. The third-order valence-electron chi connectivity index (χ3n) is 3.93. The molecule has 1 unspecified atom stereocenters. The summed E-state index contributed by atoms with van der Waals surface area (Å²) in [4.78, 5) is 2.25. The average molecular weight is 284 g/mol. The number of halogens is 2. The van der Waals surface area contributed by atoms with Gasteiger partial charge in [0, 0.05) is 30.2 Å². The van der Waals surface area contributed by atoms with E-state index < -0.39 is 11.6 Å². The fraction of sp³-hybridized carbons (Fsp3) is 0.600. The minimum atomic E-state index is -0.802. The Hall–Kier alpha value is -1.04. The molecule has 3 nitrogen and oxygen atoms in total. The van der Waals surface area contributed by atoms with Crippen molar-refractivity contribution in [3.05, 3.63) is 35.4 Å². The Labute approximate surface area is 118 Å². The Morgan fingerprint density at radius 1 is 1.40 bits per heavy atom. The first-order valence-corrected chi connectivity index (χ1v) is 6.89. The molecular formula is C15H22F2N2O. The molecule has 0 aromatic heterocycles. The largest absolute Gasteiger partial charge is 0.378 e. The van der Waals surface area contributed by atoms with Crippen LogP contribution in [-0.2, 0) is 4.74 Å². The van der Waals surface area contributed by atoms with Crippen LogP contribution in [0.25, 0.3) is 0 Å². The van der Waals surface area contributed by atoms with E-state index in [1.165, 1.54) is 0 Å². The van der Waals surface area contributed by atoms with Crippen LogP contribution >= 0.6 is 0 Å². The molecule has 1 aliphatic heterocycles. The molecule has 0 amide bonds. The van der Waals surface area contributed by atoms with Crippen molar-refractivity contribution in [2.45, 2.75) is 25.4 Å². The molecule has 1 fully saturated rings. The Bertz CT molecular complexity index is 465. The van der Waals surface area contributed by atoms with Crippen LogP contribution in [0, 0.1) is 11.6 Å². The van der Waals surface area contributed by atoms with Gasteiger partial charge in [0.2, 0.25) is 0 Å². The minimum absolute atomic E-state index is 0.100. The van der Waals surface area contributed by atoms with Crippen molar-refractivity contribution < 1.29 is 13.5 Å². The van der Waals surface area contributed by atoms with E-state index in [1.807, 2.05) is 0 Å². The zero-order valence-corrected chi connectivity index (χ0v) is 12.2. The molecule has 1 heterocycles. The summed E-state index contributed by atoms with van der Waals surface area (Å²) in [5.74, 6) is -1.57. The monoisotopic (exact) mass is 284 g/mol. The van der Waals surface area contributed by atoms with E-state index in [2.05, 4.69) is 24.1 Å². The van der Waals surface area contributed by atoms with E-state index in [9.17, 15) is 8.78 Å². The van der Waals surface area contributed by atoms with E-state index in [0.29, 0.717) is 25.3 Å². The van der Waals surface area contributed by atoms with E-state index in [4.69, 9.17) is 4.74 Å². The molecule has 0 aliphatic carbocycles. The van der Waals surface area contributed by atoms with Crippen LogP contribution in [0.5, 0.6) is 0 Å². The second kappa shape index (κ2) is 6.16. The Balaban J connectivity index is 2.18. The molecule has 2 rings (SSSR count). The normalized spacial score (nSPS) is 20.9. The van der Waals surface area contributed by atoms with Gasteiger partial charge in [0.15, 0.2) is 11.6 Å². The third-order valence-corrected chi connectivity index (χ3v) is 3.93. The fourth-order valence-corrected chi connectivity index (χ4v) is 2.58. The predicted octanol–water partition coefficient (Wildman–Crippen LogP) is 2.34. The Kier molecular flexibility index (Phi) is 4.73. The highest BCUT2D eigenvalue weighted by Gasteiger charge is 2.32. The first-order valence-electron chi connectivity index (χ1n) is 6.89. The number of nitrogens with zero attached hydrogens (tertiary/aromatic N) is 1. The molecule has 5 heteroatoms. The van der Waals surface area contributed by atoms with Crippen LogP contribution in [0.15, 0.2) is 18.2 Å². The first-order chi connectivity index (χ1) is 9.45. The van der Waals surface area contributed by atoms with E-state index in [-0.39, 0.29) is 11.6 Å². The lowest BCUT2D eigenvalue weighted by Gasteiger charge is -2.43. The molecule has 20 heavy (non-hydrogen) atoms. The van der Waals surface area contributed by atoms with Crippen molar-refractivity contribution in [2.75, 3.05) is 33.4 Å². The van der Waals surface area contributed by atoms with Crippen molar-refractivity contribution in [1.82, 2.24) is 10.2 Å². The summed E-state index contributed by atoms with van der Waals surface area (Å²) in [6, 6.07) is 4.07. The molecule has 1 aromatic carbocycles. The van der Waals surface area contributed by atoms with Gasteiger partial charge < -0.3 is 10.1 Å². The van der Waals surface area contributed by atoms with Gasteiger partial charge in [0.25, 0.3) is 0 Å². The number of hydrogen-bond acceptors (Lipinski definition) is 3. The van der Waals surface area contributed by atoms with Crippen molar-refractivity contribution in [3.8, 4) is 0 Å². The summed E-state index contributed by atoms with van der Waals surface area (Å²) < 4.78 is 32.8. The van der Waals surface area contributed by atoms with Crippen LogP contribution in [0.3, 0.4) is 0 Å². The molecule has 1 aromatic rings. The van der Waals surface area contributed by atoms with Gasteiger partial charge in [-0.3, -0.25) is 4.90 Å². The van der Waals surface area contributed by atoms with Crippen molar-refractivity contribution >= 4 is 0 Å². The highest BCUT2D eigenvalue weighted by molar-refractivity contribution is 5.23. The van der Waals surface area contributed by atoms with Crippen LogP contribution in [0.4, 0.5) is 8.78 Å². The van der Waals surface area contributed by atoms with Crippen LogP contribution in [-0.4, -0.2) is 43.8 Å². The van der Waals surface area contributed by atoms with Gasteiger partial charge in [0.05, 0.1) is 13.2 Å². The molecule has 0 bridgehead atoms. The molecule has 0 spiro atoms. The highest BCUT2D eigenvalue weighted by atomic mass is 19.2. The lowest BCUT2D eigenvalue weighted by atomic mass is 9.99. The molecule has 1 saturated heterocycles. The Morgan fingerprint density at radius 2 is 2.15 bits per heavy atom. The molecular weight excluding hydrogens is 262 g/mol. The molecule has 1 aliphatic rings. The topological polar surface area (TPSA) is 24.5 Å². The summed E-state index contributed by atoms with van der Waals surface area (Å²) in [5.41, 5.74) is 0.270. The van der Waals surface area contributed by atoms with Crippen LogP contribution in [0.2, 0.25) is 0 Å². The number of rotatable bonds is 4. The molecule has 1 atom stereocenters. The Morgan fingerprint density at radius 3 is 2.80 bits per heavy atom. The van der Waals surface area contributed by atoms with Crippen molar-refractivity contribution in [2.24, 2.45) is 0 Å². The first kappa shape index (κ1) is 15.4. The second-order valence-electron chi connectivity index (χ2n) is 5.80. The number of hydrogen-bond donors (Lipinski definition) is 1. The fourth-order valence-electron chi connectivity index (χ4n) is 2.58. The minimum Gasteiger partial charge on any atom is -0.378 e. The average Bonchev–Trinajstić information content (AvgIpc) is 2.41. The SMILES string of the molecule is CNC(CN1CCOCC1(C)C)c1cccc(F)c1F. The summed E-state index contributed by atoms with van der Waals surface area (Å²) in [6.45, 7) is 6.93. The maximum absolute atomic E-state index is 13.9. The summed E-state index contributed by atoms with van der Waals surface area (Å²) in [5, 5.41) is 3.08. The smallest absolute Gasteiger partial charge is 0.163 e. The number of likely N-dealkylation sites (N-methyl/N-ethyl adjacent to an activating group) is 1. The van der Waals surface area contributed by atoms with Crippen molar-refractivity contribution in [1.29, 1.82) is 0 Å². The molecule has 112 valence electrons. The van der Waals surface area contributed by atoms with Gasteiger partial charge in [-0.15, -0.1) is 0 Å². The maximum Gasteiger partial charge on any atom is 0.163 e. The molecule has 0 saturated carbocycles. The lowest BCUT2D eigenvalue weighted by Crippen LogP contribution is -2.55. The number of ether oxygens (including phenoxy) is 1. The van der Waals surface area contributed by atoms with Crippen LogP contribution in [0.1, 0.15) is 25.5 Å². The quantitative estimate of drug-likeness (QED) is 0.918. The predicted molar refractivity (Wildman–Crippen MR) is 74.6 cm³/mol.